The van der Waals surface area contributed by atoms with Gasteiger partial charge < -0.3 is 5.32 Å². The maximum Gasteiger partial charge on any atom is 0.389 e. The van der Waals surface area contributed by atoms with Crippen molar-refractivity contribution in [3.63, 3.8) is 0 Å². The van der Waals surface area contributed by atoms with Crippen LogP contribution < -0.4 is 5.32 Å². The monoisotopic (exact) mass is 305 g/mol. The third-order valence-electron chi connectivity index (χ3n) is 2.23. The van der Waals surface area contributed by atoms with Crippen LogP contribution in [0.1, 0.15) is 31.4 Å². The van der Waals surface area contributed by atoms with Crippen LogP contribution in [0.15, 0.2) is 6.07 Å². The number of thiophene rings is 1. The third kappa shape index (κ3) is 5.04. The Morgan fingerprint density at radius 3 is 2.47 bits per heavy atom. The molecule has 0 spiro atoms. The molecular weight excluding hydrogens is 294 g/mol. The zero-order chi connectivity index (χ0) is 13.1. The molecule has 7 heteroatoms. The number of alkyl halides is 3. The van der Waals surface area contributed by atoms with Crippen LogP contribution in [0.2, 0.25) is 8.67 Å². The van der Waals surface area contributed by atoms with Crippen LogP contribution in [0.4, 0.5) is 13.2 Å². The smallest absolute Gasteiger partial charge is 0.310 e. The van der Waals surface area contributed by atoms with Crippen LogP contribution in [0, 0.1) is 0 Å². The van der Waals surface area contributed by atoms with Crippen LogP contribution in [0.5, 0.6) is 0 Å². The average molecular weight is 306 g/mol. The summed E-state index contributed by atoms with van der Waals surface area (Å²) in [5.41, 5.74) is 0.646. The van der Waals surface area contributed by atoms with Gasteiger partial charge in [0.05, 0.1) is 8.67 Å². The lowest BCUT2D eigenvalue weighted by atomic mass is 10.1. The normalized spacial score (nSPS) is 14.0. The Labute approximate surface area is 112 Å². The second-order valence-electron chi connectivity index (χ2n) is 3.54. The van der Waals surface area contributed by atoms with Gasteiger partial charge in [0.15, 0.2) is 0 Å². The molecule has 1 aromatic heterocycles. The summed E-state index contributed by atoms with van der Waals surface area (Å²) in [5.74, 6) is 0. The molecule has 0 saturated heterocycles. The molecule has 0 bridgehead atoms. The maximum atomic E-state index is 12.2. The van der Waals surface area contributed by atoms with Crippen LogP contribution >= 0.6 is 34.5 Å². The highest BCUT2D eigenvalue weighted by atomic mass is 35.5. The summed E-state index contributed by atoms with van der Waals surface area (Å²) in [6.07, 6.45) is -5.03. The van der Waals surface area contributed by atoms with E-state index in [1.807, 2.05) is 6.92 Å². The van der Waals surface area contributed by atoms with E-state index in [1.165, 1.54) is 11.3 Å². The van der Waals surface area contributed by atoms with Crippen molar-refractivity contribution in [1.29, 1.82) is 0 Å². The van der Waals surface area contributed by atoms with Crippen molar-refractivity contribution in [3.05, 3.63) is 20.3 Å². The van der Waals surface area contributed by atoms with Crippen molar-refractivity contribution in [3.8, 4) is 0 Å². The molecule has 1 rings (SSSR count). The van der Waals surface area contributed by atoms with Gasteiger partial charge in [-0.3, -0.25) is 0 Å². The lowest BCUT2D eigenvalue weighted by Gasteiger charge is -2.18. The van der Waals surface area contributed by atoms with E-state index in [0.717, 1.165) is 0 Å². The van der Waals surface area contributed by atoms with E-state index in [9.17, 15) is 13.2 Å². The van der Waals surface area contributed by atoms with Gasteiger partial charge >= 0.3 is 6.18 Å². The molecule has 1 unspecified atom stereocenters. The minimum atomic E-state index is -4.15. The first-order valence-corrected chi connectivity index (χ1v) is 6.65. The van der Waals surface area contributed by atoms with Gasteiger partial charge in [0.1, 0.15) is 0 Å². The lowest BCUT2D eigenvalue weighted by Crippen LogP contribution is -2.22. The number of rotatable bonds is 5. The zero-order valence-electron chi connectivity index (χ0n) is 9.07. The van der Waals surface area contributed by atoms with Crippen molar-refractivity contribution in [2.75, 3.05) is 6.54 Å². The minimum absolute atomic E-state index is 0.0376. The van der Waals surface area contributed by atoms with Gasteiger partial charge in [-0.15, -0.1) is 11.3 Å². The van der Waals surface area contributed by atoms with E-state index >= 15 is 0 Å². The van der Waals surface area contributed by atoms with Gasteiger partial charge in [-0.05, 0) is 19.0 Å². The first kappa shape index (κ1) is 15.1. The molecule has 0 fully saturated rings. The quantitative estimate of drug-likeness (QED) is 0.803. The van der Waals surface area contributed by atoms with E-state index in [0.29, 0.717) is 20.8 Å². The fraction of sp³-hybridized carbons (Fsp3) is 0.600. The van der Waals surface area contributed by atoms with Crippen LogP contribution in [0.25, 0.3) is 0 Å². The molecule has 0 aromatic carbocycles. The Balaban J connectivity index is 2.75. The molecule has 98 valence electrons. The SMILES string of the molecule is CCNC(CCC(F)(F)F)c1cc(Cl)sc1Cl. The molecular formula is C10H12Cl2F3NS. The average Bonchev–Trinajstić information content (AvgIpc) is 2.51. The fourth-order valence-electron chi connectivity index (χ4n) is 1.51. The number of nitrogens with one attached hydrogen (secondary N) is 1. The predicted octanol–water partition coefficient (Wildman–Crippen LogP) is 5.05. The summed E-state index contributed by atoms with van der Waals surface area (Å²) in [7, 11) is 0. The lowest BCUT2D eigenvalue weighted by molar-refractivity contribution is -0.136. The van der Waals surface area contributed by atoms with E-state index < -0.39 is 18.6 Å². The third-order valence-corrected chi connectivity index (χ3v) is 3.74. The summed E-state index contributed by atoms with van der Waals surface area (Å²) in [4.78, 5) is 0. The molecule has 1 heterocycles. The summed E-state index contributed by atoms with van der Waals surface area (Å²) >= 11 is 12.9. The molecule has 17 heavy (non-hydrogen) atoms. The van der Waals surface area contributed by atoms with Crippen LogP contribution in [0.3, 0.4) is 0 Å². The van der Waals surface area contributed by atoms with Gasteiger partial charge in [0, 0.05) is 18.0 Å². The van der Waals surface area contributed by atoms with E-state index in [4.69, 9.17) is 23.2 Å². The molecule has 0 amide bonds. The topological polar surface area (TPSA) is 12.0 Å². The van der Waals surface area contributed by atoms with E-state index in [1.54, 1.807) is 6.07 Å². The van der Waals surface area contributed by atoms with Crippen molar-refractivity contribution in [1.82, 2.24) is 5.32 Å². The fourth-order valence-corrected chi connectivity index (χ4v) is 3.09. The molecule has 0 aliphatic heterocycles. The highest BCUT2D eigenvalue weighted by molar-refractivity contribution is 7.20. The first-order valence-electron chi connectivity index (χ1n) is 5.08. The molecule has 1 N–H and O–H groups in total. The van der Waals surface area contributed by atoms with Gasteiger partial charge in [0.2, 0.25) is 0 Å². The van der Waals surface area contributed by atoms with Crippen molar-refractivity contribution in [2.45, 2.75) is 32.0 Å². The van der Waals surface area contributed by atoms with E-state index in [-0.39, 0.29) is 6.42 Å². The minimum Gasteiger partial charge on any atom is -0.310 e. The number of hydrogen-bond donors (Lipinski definition) is 1. The molecule has 1 nitrogen and oxygen atoms in total. The van der Waals surface area contributed by atoms with Crippen molar-refractivity contribution < 1.29 is 13.2 Å². The van der Waals surface area contributed by atoms with Gasteiger partial charge in [-0.25, -0.2) is 0 Å². The van der Waals surface area contributed by atoms with Gasteiger partial charge in [-0.2, -0.15) is 13.2 Å². The van der Waals surface area contributed by atoms with Crippen molar-refractivity contribution in [2.24, 2.45) is 0 Å². The maximum absolute atomic E-state index is 12.2. The Morgan fingerprint density at radius 2 is 2.06 bits per heavy atom. The summed E-state index contributed by atoms with van der Waals surface area (Å²) in [5, 5.41) is 2.99. The summed E-state index contributed by atoms with van der Waals surface area (Å²) < 4.78 is 37.5. The Hall–Kier alpha value is 0.0300. The van der Waals surface area contributed by atoms with Crippen LogP contribution in [-0.4, -0.2) is 12.7 Å². The van der Waals surface area contributed by atoms with Gasteiger partial charge in [0.25, 0.3) is 0 Å². The molecule has 1 atom stereocenters. The molecule has 0 saturated carbocycles. The summed E-state index contributed by atoms with van der Waals surface area (Å²) in [6, 6.07) is 1.22. The van der Waals surface area contributed by atoms with Crippen molar-refractivity contribution >= 4 is 34.5 Å². The second-order valence-corrected chi connectivity index (χ2v) is 5.83. The Bertz CT molecular complexity index is 365. The Morgan fingerprint density at radius 1 is 1.41 bits per heavy atom. The second kappa shape index (κ2) is 6.27. The number of hydrogen-bond acceptors (Lipinski definition) is 2. The largest absolute Gasteiger partial charge is 0.389 e. The first-order chi connectivity index (χ1) is 7.83. The van der Waals surface area contributed by atoms with Crippen LogP contribution in [-0.2, 0) is 0 Å². The zero-order valence-corrected chi connectivity index (χ0v) is 11.4. The molecule has 0 aliphatic carbocycles. The molecule has 0 aliphatic rings. The number of halogens is 5. The molecule has 1 aromatic rings. The standard InChI is InChI=1S/C10H12Cl2F3NS/c1-2-16-7(3-4-10(13,14)15)6-5-8(11)17-9(6)12/h5,7,16H,2-4H2,1H3. The highest BCUT2D eigenvalue weighted by Gasteiger charge is 2.29. The highest BCUT2D eigenvalue weighted by Crippen LogP contribution is 2.37. The molecule has 0 radical (unpaired) electrons. The van der Waals surface area contributed by atoms with Gasteiger partial charge in [-0.1, -0.05) is 30.1 Å². The predicted molar refractivity (Wildman–Crippen MR) is 66.0 cm³/mol. The van der Waals surface area contributed by atoms with E-state index in [2.05, 4.69) is 5.32 Å². The summed E-state index contributed by atoms with van der Waals surface area (Å²) in [6.45, 7) is 2.41. The Kier molecular flexibility index (Phi) is 5.57.